The number of carbonyl (C=O) groups is 3. The van der Waals surface area contributed by atoms with Crippen molar-refractivity contribution in [2.45, 2.75) is 69.6 Å². The molecule has 0 bridgehead atoms. The number of nitrogens with zero attached hydrogens (tertiary/aromatic N) is 2. The zero-order chi connectivity index (χ0) is 31.8. The smallest absolute Gasteiger partial charge is 0.410 e. The van der Waals surface area contributed by atoms with E-state index in [0.29, 0.717) is 37.2 Å². The molecule has 3 N–H and O–H groups in total. The van der Waals surface area contributed by atoms with Gasteiger partial charge in [0.05, 0.1) is 26.0 Å². The summed E-state index contributed by atoms with van der Waals surface area (Å²) in [6.07, 6.45) is -0.330. The first kappa shape index (κ1) is 34.5. The van der Waals surface area contributed by atoms with E-state index in [1.807, 2.05) is 32.6 Å². The van der Waals surface area contributed by atoms with Crippen LogP contribution in [0.4, 0.5) is 4.79 Å². The molecule has 2 aliphatic heterocycles. The Morgan fingerprint density at radius 1 is 1.16 bits per heavy atom. The van der Waals surface area contributed by atoms with Gasteiger partial charge in [0.1, 0.15) is 24.0 Å². The number of esters is 2. The van der Waals surface area contributed by atoms with Crippen LogP contribution in [0, 0.1) is 0 Å². The molecule has 13 nitrogen and oxygen atoms in total. The van der Waals surface area contributed by atoms with Gasteiger partial charge in [-0.2, -0.15) is 0 Å². The van der Waals surface area contributed by atoms with Gasteiger partial charge in [-0.15, -0.1) is 0 Å². The molecule has 1 amide bonds. The van der Waals surface area contributed by atoms with E-state index in [9.17, 15) is 22.8 Å². The van der Waals surface area contributed by atoms with Crippen molar-refractivity contribution in [2.75, 3.05) is 58.7 Å². The lowest BCUT2D eigenvalue weighted by Gasteiger charge is -2.36. The van der Waals surface area contributed by atoms with Crippen LogP contribution in [-0.2, 0) is 40.1 Å². The number of piperazine rings is 1. The number of carbonyl (C=O) groups excluding carboxylic acids is 3. The van der Waals surface area contributed by atoms with Crippen molar-refractivity contribution < 1.29 is 41.7 Å². The Kier molecular flexibility index (Phi) is 11.8. The average Bonchev–Trinajstić information content (AvgIpc) is 3.31. The Labute approximate surface area is 254 Å². The molecule has 1 aromatic rings. The van der Waals surface area contributed by atoms with Gasteiger partial charge in [0.25, 0.3) is 0 Å². The second-order valence-corrected chi connectivity index (χ2v) is 14.3. The molecule has 14 heteroatoms. The second-order valence-electron chi connectivity index (χ2n) is 11.9. The number of nitrogens with two attached hydrogens (primary N) is 1. The van der Waals surface area contributed by atoms with Crippen LogP contribution in [0.25, 0.3) is 0 Å². The van der Waals surface area contributed by atoms with E-state index < -0.39 is 44.5 Å². The second kappa shape index (κ2) is 14.7. The minimum absolute atomic E-state index is 0.0701. The minimum atomic E-state index is -3.98. The number of nitrogens with one attached hydrogen (secondary N) is 1. The molecule has 2 saturated heterocycles. The number of ether oxygens (including phenoxy) is 4. The number of amides is 1. The zero-order valence-corrected chi connectivity index (χ0v) is 26.6. The van der Waals surface area contributed by atoms with Crippen molar-refractivity contribution in [2.24, 2.45) is 5.73 Å². The van der Waals surface area contributed by atoms with E-state index in [0.717, 1.165) is 20.2 Å². The van der Waals surface area contributed by atoms with Crippen LogP contribution in [0.3, 0.4) is 0 Å². The lowest BCUT2D eigenvalue weighted by molar-refractivity contribution is -0.162. The third kappa shape index (κ3) is 9.27. The topological polar surface area (TPSA) is 167 Å². The summed E-state index contributed by atoms with van der Waals surface area (Å²) in [5, 5.41) is 3.27. The highest BCUT2D eigenvalue weighted by Gasteiger charge is 2.48. The molecule has 3 unspecified atom stereocenters. The number of methoxy groups -OCH3 is 1. The molecule has 0 radical (unpaired) electrons. The molecule has 1 aromatic carbocycles. The van der Waals surface area contributed by atoms with Crippen LogP contribution in [-0.4, -0.2) is 118 Å². The largest absolute Gasteiger partial charge is 0.490 e. The van der Waals surface area contributed by atoms with Gasteiger partial charge in [0.2, 0.25) is 4.87 Å². The monoisotopic (exact) mass is 626 g/mol. The SMILES string of the molecule is CCCCS(=O)(=O)C(N)(Cc1ccc(OCC2CN(CC(C(=O)OC(C)(C)C)N3CCNCC3)C(=O)O2)cc1)C(=O)OC. The number of hydrogen-bond donors (Lipinski definition) is 2. The Balaban J connectivity index is 1.60. The van der Waals surface area contributed by atoms with Crippen molar-refractivity contribution in [3.63, 3.8) is 0 Å². The summed E-state index contributed by atoms with van der Waals surface area (Å²) >= 11 is 0. The van der Waals surface area contributed by atoms with Gasteiger partial charge in [0.15, 0.2) is 15.9 Å². The van der Waals surface area contributed by atoms with Crippen LogP contribution >= 0.6 is 0 Å². The van der Waals surface area contributed by atoms with Gasteiger partial charge >= 0.3 is 18.0 Å². The molecular weight excluding hydrogens is 580 g/mol. The molecule has 242 valence electrons. The highest BCUT2D eigenvalue weighted by atomic mass is 32.2. The van der Waals surface area contributed by atoms with E-state index in [1.54, 1.807) is 24.3 Å². The first-order valence-corrected chi connectivity index (χ1v) is 16.3. The lowest BCUT2D eigenvalue weighted by atomic mass is 10.1. The standard InChI is InChI=1S/C29H46N4O9S/c1-6-7-16-43(37,38)29(30,26(35)39-5)17-21-8-10-22(11-9-21)40-20-23-18-33(27(36)41-23)19-24(25(34)42-28(2,3)4)32-14-12-31-13-15-32/h8-11,23-24,31H,6-7,12-20,30H2,1-5H3. The van der Waals surface area contributed by atoms with Crippen LogP contribution in [0.1, 0.15) is 46.1 Å². The van der Waals surface area contributed by atoms with Gasteiger partial charge in [-0.3, -0.25) is 9.69 Å². The fraction of sp³-hybridized carbons (Fsp3) is 0.690. The Morgan fingerprint density at radius 2 is 1.81 bits per heavy atom. The number of rotatable bonds is 14. The van der Waals surface area contributed by atoms with Crippen molar-refractivity contribution >= 4 is 27.9 Å². The summed E-state index contributed by atoms with van der Waals surface area (Å²) in [5.41, 5.74) is 6.01. The fourth-order valence-corrected chi connectivity index (χ4v) is 6.67. The van der Waals surface area contributed by atoms with Gasteiger partial charge in [0, 0.05) is 32.6 Å². The van der Waals surface area contributed by atoms with Crippen LogP contribution in [0.2, 0.25) is 0 Å². The summed E-state index contributed by atoms with van der Waals surface area (Å²) in [6, 6.07) is 5.89. The van der Waals surface area contributed by atoms with Crippen molar-refractivity contribution in [1.29, 1.82) is 0 Å². The maximum atomic E-state index is 13.1. The third-order valence-electron chi connectivity index (χ3n) is 7.29. The van der Waals surface area contributed by atoms with E-state index in [2.05, 4.69) is 5.32 Å². The maximum Gasteiger partial charge on any atom is 0.410 e. The first-order valence-electron chi connectivity index (χ1n) is 14.6. The lowest BCUT2D eigenvalue weighted by Crippen LogP contribution is -2.57. The van der Waals surface area contributed by atoms with Crippen molar-refractivity contribution in [1.82, 2.24) is 15.1 Å². The Hall–Kier alpha value is -2.94. The summed E-state index contributed by atoms with van der Waals surface area (Å²) in [5.74, 6) is -1.15. The van der Waals surface area contributed by atoms with E-state index in [-0.39, 0.29) is 37.8 Å². The summed E-state index contributed by atoms with van der Waals surface area (Å²) in [4.78, 5) is 39.5. The van der Waals surface area contributed by atoms with E-state index in [1.165, 1.54) is 4.90 Å². The Bertz CT molecular complexity index is 1210. The summed E-state index contributed by atoms with van der Waals surface area (Å²) in [6.45, 7) is 10.5. The van der Waals surface area contributed by atoms with Crippen molar-refractivity contribution in [3.8, 4) is 5.75 Å². The van der Waals surface area contributed by atoms with Gasteiger partial charge in [-0.05, 0) is 44.9 Å². The fourth-order valence-electron chi connectivity index (χ4n) is 4.92. The molecule has 2 fully saturated rings. The molecular formula is C29H46N4O9S. The summed E-state index contributed by atoms with van der Waals surface area (Å²) < 4.78 is 47.6. The van der Waals surface area contributed by atoms with Crippen LogP contribution < -0.4 is 15.8 Å². The average molecular weight is 627 g/mol. The number of cyclic esters (lactones) is 1. The van der Waals surface area contributed by atoms with Gasteiger partial charge in [-0.1, -0.05) is 25.5 Å². The number of benzene rings is 1. The molecule has 43 heavy (non-hydrogen) atoms. The maximum absolute atomic E-state index is 13.1. The zero-order valence-electron chi connectivity index (χ0n) is 25.8. The van der Waals surface area contributed by atoms with Crippen LogP contribution in [0.15, 0.2) is 24.3 Å². The number of sulfone groups is 1. The predicted molar refractivity (Wildman–Crippen MR) is 159 cm³/mol. The molecule has 2 heterocycles. The molecule has 0 spiro atoms. The van der Waals surface area contributed by atoms with Gasteiger partial charge in [-0.25, -0.2) is 18.0 Å². The normalized spacial score (nSPS) is 20.2. The summed E-state index contributed by atoms with van der Waals surface area (Å²) in [7, 11) is -2.88. The highest BCUT2D eigenvalue weighted by molar-refractivity contribution is 7.93. The molecule has 3 atom stereocenters. The van der Waals surface area contributed by atoms with Crippen LogP contribution in [0.5, 0.6) is 5.75 Å². The highest BCUT2D eigenvalue weighted by Crippen LogP contribution is 2.24. The van der Waals surface area contributed by atoms with E-state index in [4.69, 9.17) is 24.7 Å². The molecule has 0 aromatic heterocycles. The third-order valence-corrected chi connectivity index (χ3v) is 9.54. The molecule has 0 saturated carbocycles. The molecule has 0 aliphatic carbocycles. The van der Waals surface area contributed by atoms with Crippen molar-refractivity contribution in [3.05, 3.63) is 29.8 Å². The predicted octanol–water partition coefficient (Wildman–Crippen LogP) is 1.09. The Morgan fingerprint density at radius 3 is 2.40 bits per heavy atom. The first-order chi connectivity index (χ1) is 20.2. The van der Waals surface area contributed by atoms with Gasteiger partial charge < -0.3 is 34.9 Å². The molecule has 3 rings (SSSR count). The van der Waals surface area contributed by atoms with E-state index >= 15 is 0 Å². The number of hydrogen-bond acceptors (Lipinski definition) is 12. The quantitative estimate of drug-likeness (QED) is 0.223. The molecule has 2 aliphatic rings. The number of unbranched alkanes of at least 4 members (excludes halogenated alkanes) is 1. The minimum Gasteiger partial charge on any atom is -0.490 e.